The first-order valence-corrected chi connectivity index (χ1v) is 6.81. The summed E-state index contributed by atoms with van der Waals surface area (Å²) in [7, 11) is 0. The molecule has 0 saturated heterocycles. The minimum absolute atomic E-state index is 0.730. The van der Waals surface area contributed by atoms with Crippen molar-refractivity contribution in [2.75, 3.05) is 0 Å². The molecule has 3 nitrogen and oxygen atoms in total. The lowest BCUT2D eigenvalue weighted by Crippen LogP contribution is -1.76. The van der Waals surface area contributed by atoms with Crippen LogP contribution in [0.5, 0.6) is 0 Å². The highest BCUT2D eigenvalue weighted by Gasteiger charge is 2.02. The molecule has 2 heterocycles. The average molecular weight is 268 g/mol. The Kier molecular flexibility index (Phi) is 3.25. The Morgan fingerprint density at radius 1 is 1.16 bits per heavy atom. The number of hydrogen-bond donors (Lipinski definition) is 0. The standard InChI is InChI=1S/C15H12N2OS/c1-11-7-8-13(18-11)9-16-15-17-14(10-19-15)12-5-3-2-4-6-12/h2-10H,1H3. The smallest absolute Gasteiger partial charge is 0.209 e. The van der Waals surface area contributed by atoms with Crippen LogP contribution in [0.3, 0.4) is 0 Å². The second-order valence-corrected chi connectivity index (χ2v) is 4.92. The highest BCUT2D eigenvalue weighted by atomic mass is 32.1. The van der Waals surface area contributed by atoms with Gasteiger partial charge < -0.3 is 4.42 Å². The first-order valence-electron chi connectivity index (χ1n) is 5.93. The summed E-state index contributed by atoms with van der Waals surface area (Å²) in [5.74, 6) is 1.62. The van der Waals surface area contributed by atoms with E-state index in [0.717, 1.165) is 27.9 Å². The maximum atomic E-state index is 5.42. The van der Waals surface area contributed by atoms with Crippen molar-refractivity contribution in [3.63, 3.8) is 0 Å². The van der Waals surface area contributed by atoms with Crippen LogP contribution in [0.25, 0.3) is 11.3 Å². The summed E-state index contributed by atoms with van der Waals surface area (Å²) < 4.78 is 5.42. The third kappa shape index (κ3) is 2.80. The van der Waals surface area contributed by atoms with Crippen molar-refractivity contribution >= 4 is 22.7 Å². The number of furan rings is 1. The fraction of sp³-hybridized carbons (Fsp3) is 0.0667. The van der Waals surface area contributed by atoms with Crippen LogP contribution in [-0.2, 0) is 0 Å². The summed E-state index contributed by atoms with van der Waals surface area (Å²) >= 11 is 1.52. The highest BCUT2D eigenvalue weighted by molar-refractivity contribution is 7.13. The second-order valence-electron chi connectivity index (χ2n) is 4.09. The Hall–Kier alpha value is -2.20. The largest absolute Gasteiger partial charge is 0.460 e. The molecule has 0 aliphatic rings. The van der Waals surface area contributed by atoms with Crippen LogP contribution < -0.4 is 0 Å². The lowest BCUT2D eigenvalue weighted by atomic mass is 10.2. The van der Waals surface area contributed by atoms with Gasteiger partial charge in [-0.2, -0.15) is 0 Å². The molecule has 0 N–H and O–H groups in total. The van der Waals surface area contributed by atoms with Crippen molar-refractivity contribution in [3.05, 3.63) is 59.4 Å². The first-order chi connectivity index (χ1) is 9.31. The van der Waals surface area contributed by atoms with Crippen molar-refractivity contribution in [2.24, 2.45) is 4.99 Å². The molecular weight excluding hydrogens is 256 g/mol. The van der Waals surface area contributed by atoms with E-state index in [2.05, 4.69) is 9.98 Å². The highest BCUT2D eigenvalue weighted by Crippen LogP contribution is 2.26. The lowest BCUT2D eigenvalue weighted by Gasteiger charge is -1.93. The van der Waals surface area contributed by atoms with Gasteiger partial charge in [-0.25, -0.2) is 9.98 Å². The predicted molar refractivity (Wildman–Crippen MR) is 78.2 cm³/mol. The fourth-order valence-electron chi connectivity index (χ4n) is 1.71. The van der Waals surface area contributed by atoms with Crippen molar-refractivity contribution in [1.82, 2.24) is 4.98 Å². The molecule has 0 fully saturated rings. The van der Waals surface area contributed by atoms with E-state index in [9.17, 15) is 0 Å². The number of aromatic nitrogens is 1. The molecule has 4 heteroatoms. The maximum Gasteiger partial charge on any atom is 0.209 e. The molecule has 0 aliphatic carbocycles. The Labute approximate surface area is 115 Å². The molecule has 0 aliphatic heterocycles. The van der Waals surface area contributed by atoms with Gasteiger partial charge in [0.25, 0.3) is 0 Å². The number of nitrogens with zero attached hydrogens (tertiary/aromatic N) is 2. The SMILES string of the molecule is Cc1ccc(C=Nc2nc(-c3ccccc3)cs2)o1. The van der Waals surface area contributed by atoms with Gasteiger partial charge in [0, 0.05) is 10.9 Å². The van der Waals surface area contributed by atoms with Gasteiger partial charge in [-0.15, -0.1) is 11.3 Å². The summed E-state index contributed by atoms with van der Waals surface area (Å²) in [5, 5.41) is 2.74. The fourth-order valence-corrected chi connectivity index (χ4v) is 2.38. The zero-order valence-electron chi connectivity index (χ0n) is 10.4. The number of benzene rings is 1. The van der Waals surface area contributed by atoms with E-state index in [1.54, 1.807) is 6.21 Å². The third-order valence-corrected chi connectivity index (χ3v) is 3.37. The van der Waals surface area contributed by atoms with E-state index >= 15 is 0 Å². The molecule has 0 atom stereocenters. The molecule has 3 rings (SSSR count). The summed E-state index contributed by atoms with van der Waals surface area (Å²) in [4.78, 5) is 8.81. The van der Waals surface area contributed by atoms with Crippen LogP contribution >= 0.6 is 11.3 Å². The molecule has 0 radical (unpaired) electrons. The van der Waals surface area contributed by atoms with Gasteiger partial charge in [-0.05, 0) is 19.1 Å². The van der Waals surface area contributed by atoms with Crippen LogP contribution in [0, 0.1) is 6.92 Å². The lowest BCUT2D eigenvalue weighted by molar-refractivity contribution is 0.528. The summed E-state index contributed by atoms with van der Waals surface area (Å²) in [6.45, 7) is 1.91. The first kappa shape index (κ1) is 11.9. The van der Waals surface area contributed by atoms with Gasteiger partial charge in [0.2, 0.25) is 5.13 Å². The zero-order chi connectivity index (χ0) is 13.1. The van der Waals surface area contributed by atoms with Gasteiger partial charge in [0.1, 0.15) is 11.5 Å². The summed E-state index contributed by atoms with van der Waals surface area (Å²) in [6, 6.07) is 13.9. The molecule has 3 aromatic rings. The second kappa shape index (κ2) is 5.20. The summed E-state index contributed by atoms with van der Waals surface area (Å²) in [5.41, 5.74) is 2.06. The minimum atomic E-state index is 0.730. The quantitative estimate of drug-likeness (QED) is 0.658. The van der Waals surface area contributed by atoms with E-state index in [-0.39, 0.29) is 0 Å². The molecule has 0 unspecified atom stereocenters. The van der Waals surface area contributed by atoms with E-state index < -0.39 is 0 Å². The molecule has 2 aromatic heterocycles. The number of aliphatic imine (C=N–C) groups is 1. The van der Waals surface area contributed by atoms with Crippen LogP contribution in [0.1, 0.15) is 11.5 Å². The van der Waals surface area contributed by atoms with Gasteiger partial charge in [-0.1, -0.05) is 30.3 Å². The summed E-state index contributed by atoms with van der Waals surface area (Å²) in [6.07, 6.45) is 1.70. The molecule has 19 heavy (non-hydrogen) atoms. The van der Waals surface area contributed by atoms with Crippen LogP contribution in [0.15, 0.2) is 57.3 Å². The minimum Gasteiger partial charge on any atom is -0.460 e. The van der Waals surface area contributed by atoms with Crippen LogP contribution in [0.2, 0.25) is 0 Å². The normalized spacial score (nSPS) is 11.2. The van der Waals surface area contributed by atoms with E-state index in [1.807, 2.05) is 54.8 Å². The van der Waals surface area contributed by atoms with Gasteiger partial charge in [-0.3, -0.25) is 0 Å². The van der Waals surface area contributed by atoms with E-state index in [0.29, 0.717) is 0 Å². The van der Waals surface area contributed by atoms with Gasteiger partial charge in [0.15, 0.2) is 0 Å². The Bertz CT molecular complexity index is 698. The molecule has 1 aromatic carbocycles. The zero-order valence-corrected chi connectivity index (χ0v) is 11.2. The maximum absolute atomic E-state index is 5.42. The van der Waals surface area contributed by atoms with Crippen molar-refractivity contribution in [1.29, 1.82) is 0 Å². The number of aryl methyl sites for hydroxylation is 1. The number of rotatable bonds is 3. The molecule has 0 amide bonds. The monoisotopic (exact) mass is 268 g/mol. The average Bonchev–Trinajstić information content (AvgIpc) is 3.06. The third-order valence-electron chi connectivity index (χ3n) is 2.62. The number of hydrogen-bond acceptors (Lipinski definition) is 4. The Morgan fingerprint density at radius 2 is 2.00 bits per heavy atom. The van der Waals surface area contributed by atoms with Crippen molar-refractivity contribution in [2.45, 2.75) is 6.92 Å². The van der Waals surface area contributed by atoms with Crippen molar-refractivity contribution in [3.8, 4) is 11.3 Å². The topological polar surface area (TPSA) is 38.4 Å². The van der Waals surface area contributed by atoms with Crippen molar-refractivity contribution < 1.29 is 4.42 Å². The van der Waals surface area contributed by atoms with E-state index in [4.69, 9.17) is 4.42 Å². The predicted octanol–water partition coefficient (Wildman–Crippen LogP) is 4.46. The molecule has 0 bridgehead atoms. The number of thiazole rings is 1. The van der Waals surface area contributed by atoms with Crippen LogP contribution in [0.4, 0.5) is 5.13 Å². The Morgan fingerprint density at radius 3 is 2.74 bits per heavy atom. The molecule has 0 saturated carbocycles. The molecular formula is C15H12N2OS. The Balaban J connectivity index is 1.80. The van der Waals surface area contributed by atoms with Gasteiger partial charge >= 0.3 is 0 Å². The molecule has 94 valence electrons. The van der Waals surface area contributed by atoms with Crippen LogP contribution in [-0.4, -0.2) is 11.2 Å². The van der Waals surface area contributed by atoms with E-state index in [1.165, 1.54) is 11.3 Å². The van der Waals surface area contributed by atoms with Gasteiger partial charge in [0.05, 0.1) is 11.9 Å². The molecule has 0 spiro atoms.